The van der Waals surface area contributed by atoms with E-state index in [0.717, 1.165) is 18.9 Å². The van der Waals surface area contributed by atoms with Gasteiger partial charge in [0, 0.05) is 11.6 Å². The van der Waals surface area contributed by atoms with Gasteiger partial charge in [0.05, 0.1) is 6.61 Å². The number of ether oxygens (including phenoxy) is 1. The van der Waals surface area contributed by atoms with E-state index in [9.17, 15) is 0 Å². The quantitative estimate of drug-likeness (QED) is 0.885. The second-order valence-corrected chi connectivity index (χ2v) is 4.78. The van der Waals surface area contributed by atoms with Crippen LogP contribution in [0.15, 0.2) is 36.4 Å². The van der Waals surface area contributed by atoms with Gasteiger partial charge in [-0.1, -0.05) is 30.3 Å². The zero-order chi connectivity index (χ0) is 12.4. The molecular formula is C16H19NO. The van der Waals surface area contributed by atoms with Crippen LogP contribution in [-0.4, -0.2) is 13.2 Å². The summed E-state index contributed by atoms with van der Waals surface area (Å²) in [6.07, 6.45) is 2.45. The molecule has 3 rings (SSSR count). The van der Waals surface area contributed by atoms with Gasteiger partial charge < -0.3 is 10.1 Å². The van der Waals surface area contributed by atoms with E-state index in [-0.39, 0.29) is 0 Å². The van der Waals surface area contributed by atoms with Crippen LogP contribution < -0.4 is 10.1 Å². The minimum Gasteiger partial charge on any atom is -0.494 e. The third-order valence-corrected chi connectivity index (χ3v) is 3.64. The summed E-state index contributed by atoms with van der Waals surface area (Å²) in [6.45, 7) is 3.87. The summed E-state index contributed by atoms with van der Waals surface area (Å²) in [5, 5.41) is 6.20. The molecule has 94 valence electrons. The number of hydrogen-bond acceptors (Lipinski definition) is 2. The van der Waals surface area contributed by atoms with Crippen molar-refractivity contribution in [2.45, 2.75) is 25.8 Å². The number of fused-ring (bicyclic) bond motifs is 1. The summed E-state index contributed by atoms with van der Waals surface area (Å²) in [4.78, 5) is 0. The molecule has 0 amide bonds. The van der Waals surface area contributed by atoms with Crippen molar-refractivity contribution in [2.24, 2.45) is 0 Å². The first-order valence-electron chi connectivity index (χ1n) is 6.78. The molecule has 2 aromatic carbocycles. The molecule has 0 bridgehead atoms. The van der Waals surface area contributed by atoms with Crippen LogP contribution in [0.3, 0.4) is 0 Å². The molecule has 1 N–H and O–H groups in total. The molecule has 0 aromatic heterocycles. The summed E-state index contributed by atoms with van der Waals surface area (Å²) in [6, 6.07) is 13.3. The molecule has 2 aromatic rings. The minimum atomic E-state index is 0.442. The number of hydrogen-bond donors (Lipinski definition) is 1. The SMILES string of the molecule is CCOc1ccc2ccccc2c1[C@H]1CCCN1. The van der Waals surface area contributed by atoms with Crippen LogP contribution in [0.1, 0.15) is 31.4 Å². The van der Waals surface area contributed by atoms with Gasteiger partial charge in [-0.25, -0.2) is 0 Å². The predicted octanol–water partition coefficient (Wildman–Crippen LogP) is 3.66. The molecule has 0 spiro atoms. The molecule has 0 saturated carbocycles. The fraction of sp³-hybridized carbons (Fsp3) is 0.375. The maximum atomic E-state index is 5.82. The Bertz CT molecular complexity index is 544. The van der Waals surface area contributed by atoms with E-state index in [1.54, 1.807) is 0 Å². The van der Waals surface area contributed by atoms with Gasteiger partial charge in [-0.2, -0.15) is 0 Å². The van der Waals surface area contributed by atoms with E-state index in [1.807, 2.05) is 6.92 Å². The highest BCUT2D eigenvalue weighted by Gasteiger charge is 2.22. The Hall–Kier alpha value is -1.54. The van der Waals surface area contributed by atoms with Crippen LogP contribution in [0.2, 0.25) is 0 Å². The second kappa shape index (κ2) is 4.99. The topological polar surface area (TPSA) is 21.3 Å². The molecule has 0 radical (unpaired) electrons. The minimum absolute atomic E-state index is 0.442. The Kier molecular flexibility index (Phi) is 3.20. The Morgan fingerprint density at radius 1 is 1.22 bits per heavy atom. The van der Waals surface area contributed by atoms with Crippen molar-refractivity contribution < 1.29 is 4.74 Å². The van der Waals surface area contributed by atoms with Crippen LogP contribution in [0, 0.1) is 0 Å². The monoisotopic (exact) mass is 241 g/mol. The Morgan fingerprint density at radius 2 is 2.11 bits per heavy atom. The van der Waals surface area contributed by atoms with Gasteiger partial charge in [-0.15, -0.1) is 0 Å². The lowest BCUT2D eigenvalue weighted by Gasteiger charge is -2.18. The van der Waals surface area contributed by atoms with Gasteiger partial charge >= 0.3 is 0 Å². The van der Waals surface area contributed by atoms with Gasteiger partial charge in [-0.3, -0.25) is 0 Å². The molecule has 1 heterocycles. The summed E-state index contributed by atoms with van der Waals surface area (Å²) in [5.74, 6) is 1.04. The molecule has 0 aliphatic carbocycles. The second-order valence-electron chi connectivity index (χ2n) is 4.78. The fourth-order valence-electron chi connectivity index (χ4n) is 2.85. The van der Waals surface area contributed by atoms with Crippen molar-refractivity contribution in [1.82, 2.24) is 5.32 Å². The van der Waals surface area contributed by atoms with E-state index >= 15 is 0 Å². The van der Waals surface area contributed by atoms with Crippen molar-refractivity contribution >= 4 is 10.8 Å². The van der Waals surface area contributed by atoms with Gasteiger partial charge in [0.2, 0.25) is 0 Å². The van der Waals surface area contributed by atoms with Gasteiger partial charge in [-0.05, 0) is 43.1 Å². The summed E-state index contributed by atoms with van der Waals surface area (Å²) >= 11 is 0. The largest absolute Gasteiger partial charge is 0.494 e. The molecule has 1 atom stereocenters. The lowest BCUT2D eigenvalue weighted by Crippen LogP contribution is -2.14. The zero-order valence-electron chi connectivity index (χ0n) is 10.8. The summed E-state index contributed by atoms with van der Waals surface area (Å²) in [5.41, 5.74) is 1.34. The maximum Gasteiger partial charge on any atom is 0.124 e. The number of benzene rings is 2. The molecule has 1 saturated heterocycles. The van der Waals surface area contributed by atoms with Crippen LogP contribution in [0.5, 0.6) is 5.75 Å². The molecule has 1 fully saturated rings. The average Bonchev–Trinajstić information content (AvgIpc) is 2.92. The molecular weight excluding hydrogens is 222 g/mol. The molecule has 18 heavy (non-hydrogen) atoms. The number of nitrogens with one attached hydrogen (secondary N) is 1. The van der Waals surface area contributed by atoms with Gasteiger partial charge in [0.25, 0.3) is 0 Å². The van der Waals surface area contributed by atoms with Crippen molar-refractivity contribution in [3.8, 4) is 5.75 Å². The normalized spacial score (nSPS) is 19.3. The van der Waals surface area contributed by atoms with Crippen molar-refractivity contribution in [2.75, 3.05) is 13.2 Å². The van der Waals surface area contributed by atoms with E-state index in [4.69, 9.17) is 4.74 Å². The number of rotatable bonds is 3. The fourth-order valence-corrected chi connectivity index (χ4v) is 2.85. The third-order valence-electron chi connectivity index (χ3n) is 3.64. The highest BCUT2D eigenvalue weighted by atomic mass is 16.5. The summed E-state index contributed by atoms with van der Waals surface area (Å²) < 4.78 is 5.82. The van der Waals surface area contributed by atoms with Gasteiger partial charge in [0.1, 0.15) is 5.75 Å². The molecule has 1 aliphatic heterocycles. The first-order chi connectivity index (χ1) is 8.90. The average molecular weight is 241 g/mol. The third kappa shape index (κ3) is 1.97. The van der Waals surface area contributed by atoms with E-state index < -0.39 is 0 Å². The highest BCUT2D eigenvalue weighted by Crippen LogP contribution is 2.36. The van der Waals surface area contributed by atoms with E-state index in [0.29, 0.717) is 6.04 Å². The molecule has 2 heteroatoms. The molecule has 2 nitrogen and oxygen atoms in total. The maximum absolute atomic E-state index is 5.82. The van der Waals surface area contributed by atoms with Crippen molar-refractivity contribution in [3.05, 3.63) is 42.0 Å². The Morgan fingerprint density at radius 3 is 2.89 bits per heavy atom. The van der Waals surface area contributed by atoms with Crippen molar-refractivity contribution in [3.63, 3.8) is 0 Å². The van der Waals surface area contributed by atoms with Crippen LogP contribution in [-0.2, 0) is 0 Å². The Balaban J connectivity index is 2.17. The Labute approximate surface area is 108 Å². The van der Waals surface area contributed by atoms with E-state index in [1.165, 1.54) is 29.2 Å². The zero-order valence-corrected chi connectivity index (χ0v) is 10.8. The predicted molar refractivity (Wildman–Crippen MR) is 75.1 cm³/mol. The summed E-state index contributed by atoms with van der Waals surface area (Å²) in [7, 11) is 0. The van der Waals surface area contributed by atoms with E-state index in [2.05, 4.69) is 41.7 Å². The highest BCUT2D eigenvalue weighted by molar-refractivity contribution is 5.88. The smallest absolute Gasteiger partial charge is 0.124 e. The van der Waals surface area contributed by atoms with Crippen LogP contribution >= 0.6 is 0 Å². The van der Waals surface area contributed by atoms with Crippen LogP contribution in [0.4, 0.5) is 0 Å². The molecule has 1 aliphatic rings. The first-order valence-corrected chi connectivity index (χ1v) is 6.78. The van der Waals surface area contributed by atoms with Crippen LogP contribution in [0.25, 0.3) is 10.8 Å². The lowest BCUT2D eigenvalue weighted by atomic mass is 9.96. The first kappa shape index (κ1) is 11.5. The van der Waals surface area contributed by atoms with Gasteiger partial charge in [0.15, 0.2) is 0 Å². The standard InChI is InChI=1S/C16H19NO/c1-2-18-15-10-9-12-6-3-4-7-13(12)16(15)14-8-5-11-17-14/h3-4,6-7,9-10,14,17H,2,5,8,11H2,1H3/t14-/m1/s1. The lowest BCUT2D eigenvalue weighted by molar-refractivity contribution is 0.334. The molecule has 0 unspecified atom stereocenters. The van der Waals surface area contributed by atoms with Crippen molar-refractivity contribution in [1.29, 1.82) is 0 Å².